The van der Waals surface area contributed by atoms with Gasteiger partial charge in [-0.25, -0.2) is 0 Å². The third-order valence-corrected chi connectivity index (χ3v) is 4.44. The molecular formula is C16H33NO. The van der Waals surface area contributed by atoms with Crippen molar-refractivity contribution in [3.8, 4) is 0 Å². The van der Waals surface area contributed by atoms with E-state index in [0.717, 1.165) is 18.9 Å². The highest BCUT2D eigenvalue weighted by Crippen LogP contribution is 2.32. The topological polar surface area (TPSA) is 23.5 Å². The molecule has 0 bridgehead atoms. The Kier molecular flexibility index (Phi) is 7.92. The van der Waals surface area contributed by atoms with Crippen molar-refractivity contribution in [2.45, 2.75) is 71.3 Å². The van der Waals surface area contributed by atoms with Crippen LogP contribution in [0.25, 0.3) is 0 Å². The molecule has 1 N–H and O–H groups in total. The molecule has 0 saturated heterocycles. The first-order valence-corrected chi connectivity index (χ1v) is 8.03. The van der Waals surface area contributed by atoms with E-state index < -0.39 is 0 Å². The van der Waals surface area contributed by atoms with E-state index in [1.807, 2.05) is 0 Å². The van der Waals surface area contributed by atoms with Gasteiger partial charge in [-0.2, -0.15) is 0 Å². The van der Waals surface area contributed by atoms with Crippen LogP contribution in [0.15, 0.2) is 0 Å². The number of aliphatic hydroxyl groups excluding tert-OH is 1. The maximum absolute atomic E-state index is 10.1. The number of nitrogens with zero attached hydrogens (tertiary/aromatic N) is 1. The fourth-order valence-corrected chi connectivity index (χ4v) is 3.34. The molecule has 0 aromatic heterocycles. The minimum atomic E-state index is -0.0493. The summed E-state index contributed by atoms with van der Waals surface area (Å²) in [5.41, 5.74) is 0. The molecule has 0 aromatic rings. The Morgan fingerprint density at radius 3 is 2.56 bits per heavy atom. The van der Waals surface area contributed by atoms with E-state index in [4.69, 9.17) is 0 Å². The standard InChI is InChI=1S/C16H33NO/c1-4-6-7-11-17(3)13-15-12-14(8-5-2)9-10-16(15)18/h14-16,18H,4-13H2,1-3H3. The molecule has 18 heavy (non-hydrogen) atoms. The van der Waals surface area contributed by atoms with Crippen molar-refractivity contribution in [3.05, 3.63) is 0 Å². The van der Waals surface area contributed by atoms with Crippen LogP contribution in [-0.4, -0.2) is 36.2 Å². The Hall–Kier alpha value is -0.0800. The van der Waals surface area contributed by atoms with Gasteiger partial charge < -0.3 is 10.0 Å². The zero-order valence-electron chi connectivity index (χ0n) is 12.7. The van der Waals surface area contributed by atoms with Crippen LogP contribution in [0.1, 0.15) is 65.2 Å². The lowest BCUT2D eigenvalue weighted by Gasteiger charge is -2.35. The Morgan fingerprint density at radius 1 is 1.11 bits per heavy atom. The van der Waals surface area contributed by atoms with Crippen molar-refractivity contribution in [2.24, 2.45) is 11.8 Å². The van der Waals surface area contributed by atoms with Crippen molar-refractivity contribution >= 4 is 0 Å². The van der Waals surface area contributed by atoms with Crippen LogP contribution in [-0.2, 0) is 0 Å². The van der Waals surface area contributed by atoms with Gasteiger partial charge in [0.1, 0.15) is 0 Å². The molecule has 1 fully saturated rings. The van der Waals surface area contributed by atoms with Gasteiger partial charge in [-0.15, -0.1) is 0 Å². The van der Waals surface area contributed by atoms with Gasteiger partial charge in [-0.1, -0.05) is 39.5 Å². The second-order valence-electron chi connectivity index (χ2n) is 6.26. The second-order valence-corrected chi connectivity index (χ2v) is 6.26. The molecule has 2 heteroatoms. The molecule has 2 nitrogen and oxygen atoms in total. The molecule has 0 spiro atoms. The summed E-state index contributed by atoms with van der Waals surface area (Å²) < 4.78 is 0. The first kappa shape index (κ1) is 16.0. The first-order chi connectivity index (χ1) is 8.67. The smallest absolute Gasteiger partial charge is 0.0580 e. The van der Waals surface area contributed by atoms with Crippen LogP contribution < -0.4 is 0 Å². The zero-order valence-corrected chi connectivity index (χ0v) is 12.7. The summed E-state index contributed by atoms with van der Waals surface area (Å²) >= 11 is 0. The van der Waals surface area contributed by atoms with Crippen LogP contribution in [0, 0.1) is 11.8 Å². The average Bonchev–Trinajstić information content (AvgIpc) is 2.34. The van der Waals surface area contributed by atoms with Crippen molar-refractivity contribution < 1.29 is 5.11 Å². The molecule has 1 rings (SSSR count). The van der Waals surface area contributed by atoms with Crippen LogP contribution in [0.5, 0.6) is 0 Å². The lowest BCUT2D eigenvalue weighted by molar-refractivity contribution is 0.0297. The Labute approximate surface area is 114 Å². The van der Waals surface area contributed by atoms with Crippen molar-refractivity contribution in [1.29, 1.82) is 0 Å². The van der Waals surface area contributed by atoms with Gasteiger partial charge in [-0.05, 0) is 51.1 Å². The Morgan fingerprint density at radius 2 is 1.89 bits per heavy atom. The summed E-state index contributed by atoms with van der Waals surface area (Å²) in [6, 6.07) is 0. The van der Waals surface area contributed by atoms with E-state index in [1.165, 1.54) is 51.5 Å². The molecule has 0 heterocycles. The number of aliphatic hydroxyl groups is 1. The summed E-state index contributed by atoms with van der Waals surface area (Å²) in [4.78, 5) is 2.43. The number of hydrogen-bond acceptors (Lipinski definition) is 2. The molecule has 1 saturated carbocycles. The summed E-state index contributed by atoms with van der Waals surface area (Å²) in [5, 5.41) is 10.1. The van der Waals surface area contributed by atoms with Gasteiger partial charge in [0.25, 0.3) is 0 Å². The molecule has 108 valence electrons. The van der Waals surface area contributed by atoms with Gasteiger partial charge >= 0.3 is 0 Å². The minimum Gasteiger partial charge on any atom is -0.393 e. The third-order valence-electron chi connectivity index (χ3n) is 4.44. The first-order valence-electron chi connectivity index (χ1n) is 8.03. The molecule has 0 aliphatic heterocycles. The lowest BCUT2D eigenvalue weighted by atomic mass is 9.77. The summed E-state index contributed by atoms with van der Waals surface area (Å²) in [5.74, 6) is 1.38. The van der Waals surface area contributed by atoms with E-state index in [0.29, 0.717) is 5.92 Å². The third kappa shape index (κ3) is 5.71. The van der Waals surface area contributed by atoms with E-state index in [2.05, 4.69) is 25.8 Å². The highest BCUT2D eigenvalue weighted by Gasteiger charge is 2.29. The fraction of sp³-hybridized carbons (Fsp3) is 1.00. The predicted octanol–water partition coefficient (Wildman–Crippen LogP) is 3.69. The SMILES string of the molecule is CCCCCN(C)CC1CC(CCC)CCC1O. The second kappa shape index (κ2) is 8.92. The maximum atomic E-state index is 10.1. The molecule has 0 radical (unpaired) electrons. The van der Waals surface area contributed by atoms with E-state index in [-0.39, 0.29) is 6.10 Å². The zero-order chi connectivity index (χ0) is 13.4. The number of unbranched alkanes of at least 4 members (excludes halogenated alkanes) is 2. The summed E-state index contributed by atoms with van der Waals surface area (Å²) in [6.07, 6.45) is 10.0. The number of rotatable bonds is 8. The van der Waals surface area contributed by atoms with Gasteiger partial charge in [0.15, 0.2) is 0 Å². The largest absolute Gasteiger partial charge is 0.393 e. The van der Waals surface area contributed by atoms with E-state index in [9.17, 15) is 5.11 Å². The van der Waals surface area contributed by atoms with E-state index in [1.54, 1.807) is 0 Å². The van der Waals surface area contributed by atoms with Gasteiger partial charge in [-0.3, -0.25) is 0 Å². The highest BCUT2D eigenvalue weighted by molar-refractivity contribution is 4.81. The summed E-state index contributed by atoms with van der Waals surface area (Å²) in [7, 11) is 2.21. The molecule has 1 aliphatic carbocycles. The van der Waals surface area contributed by atoms with Crippen LogP contribution in [0.2, 0.25) is 0 Å². The quantitative estimate of drug-likeness (QED) is 0.669. The maximum Gasteiger partial charge on any atom is 0.0580 e. The molecule has 3 unspecified atom stereocenters. The molecule has 1 aliphatic rings. The summed E-state index contributed by atoms with van der Waals surface area (Å²) in [6.45, 7) is 6.80. The van der Waals surface area contributed by atoms with Crippen LogP contribution in [0.3, 0.4) is 0 Å². The molecule has 3 atom stereocenters. The highest BCUT2D eigenvalue weighted by atomic mass is 16.3. The van der Waals surface area contributed by atoms with Gasteiger partial charge in [0.05, 0.1) is 6.10 Å². The monoisotopic (exact) mass is 255 g/mol. The predicted molar refractivity (Wildman–Crippen MR) is 78.8 cm³/mol. The average molecular weight is 255 g/mol. The fourth-order valence-electron chi connectivity index (χ4n) is 3.34. The van der Waals surface area contributed by atoms with Crippen molar-refractivity contribution in [3.63, 3.8) is 0 Å². The van der Waals surface area contributed by atoms with Crippen molar-refractivity contribution in [2.75, 3.05) is 20.1 Å². The molecule has 0 aromatic carbocycles. The molecule has 0 amide bonds. The number of hydrogen-bond donors (Lipinski definition) is 1. The van der Waals surface area contributed by atoms with E-state index >= 15 is 0 Å². The Bertz CT molecular complexity index is 207. The van der Waals surface area contributed by atoms with Crippen LogP contribution >= 0.6 is 0 Å². The Balaban J connectivity index is 2.28. The lowest BCUT2D eigenvalue weighted by Crippen LogP contribution is -2.37. The van der Waals surface area contributed by atoms with Crippen molar-refractivity contribution in [1.82, 2.24) is 4.90 Å². The minimum absolute atomic E-state index is 0.0493. The van der Waals surface area contributed by atoms with Gasteiger partial charge in [0.2, 0.25) is 0 Å². The molecular weight excluding hydrogens is 222 g/mol. The van der Waals surface area contributed by atoms with Crippen LogP contribution in [0.4, 0.5) is 0 Å². The normalized spacial score (nSPS) is 28.8. The van der Waals surface area contributed by atoms with Gasteiger partial charge in [0, 0.05) is 6.54 Å².